The minimum absolute atomic E-state index is 0.0102. The van der Waals surface area contributed by atoms with E-state index < -0.39 is 5.91 Å². The first-order chi connectivity index (χ1) is 10.6. The van der Waals surface area contributed by atoms with Crippen molar-refractivity contribution < 1.29 is 19.1 Å². The zero-order valence-corrected chi connectivity index (χ0v) is 12.7. The lowest BCUT2D eigenvalue weighted by Crippen LogP contribution is -2.30. The van der Waals surface area contributed by atoms with E-state index in [0.29, 0.717) is 30.2 Å². The van der Waals surface area contributed by atoms with Crippen LogP contribution in [0, 0.1) is 0 Å². The zero-order valence-electron chi connectivity index (χ0n) is 11.9. The van der Waals surface area contributed by atoms with Crippen molar-refractivity contribution in [1.82, 2.24) is 9.69 Å². The maximum atomic E-state index is 11.4. The van der Waals surface area contributed by atoms with Crippen LogP contribution in [-0.4, -0.2) is 35.9 Å². The van der Waals surface area contributed by atoms with E-state index in [1.54, 1.807) is 12.1 Å². The molecule has 1 aromatic carbocycles. The van der Waals surface area contributed by atoms with Gasteiger partial charge in [-0.3, -0.25) is 9.59 Å². The monoisotopic (exact) mass is 321 g/mol. The van der Waals surface area contributed by atoms with Crippen molar-refractivity contribution in [3.63, 3.8) is 0 Å². The number of aromatic nitrogens is 1. The summed E-state index contributed by atoms with van der Waals surface area (Å²) in [5.41, 5.74) is 5.65. The highest BCUT2D eigenvalue weighted by Crippen LogP contribution is 2.34. The second-order valence-electron chi connectivity index (χ2n) is 5.01. The Hall–Kier alpha value is -2.35. The molecule has 0 spiro atoms. The summed E-state index contributed by atoms with van der Waals surface area (Å²) < 4.78 is 15.9. The molecule has 2 aromatic rings. The van der Waals surface area contributed by atoms with E-state index in [4.69, 9.17) is 15.2 Å². The van der Waals surface area contributed by atoms with Crippen LogP contribution in [-0.2, 0) is 4.79 Å². The fourth-order valence-corrected chi connectivity index (χ4v) is 3.14. The zero-order chi connectivity index (χ0) is 15.7. The van der Waals surface area contributed by atoms with Gasteiger partial charge < -0.3 is 20.5 Å². The number of ether oxygens (including phenoxy) is 2. The van der Waals surface area contributed by atoms with Crippen LogP contribution in [0.3, 0.4) is 0 Å². The predicted molar refractivity (Wildman–Crippen MR) is 81.3 cm³/mol. The summed E-state index contributed by atoms with van der Waals surface area (Å²) in [6, 6.07) is 3.36. The minimum Gasteiger partial charge on any atom is -0.496 e. The lowest BCUT2D eigenvalue weighted by Gasteiger charge is -2.10. The van der Waals surface area contributed by atoms with Gasteiger partial charge in [-0.25, -0.2) is 0 Å². The third kappa shape index (κ3) is 2.69. The number of carbonyl (C=O) groups excluding carboxylic acids is 2. The number of methoxy groups -OCH3 is 1. The van der Waals surface area contributed by atoms with Crippen LogP contribution in [0.5, 0.6) is 11.6 Å². The molecule has 1 atom stereocenters. The van der Waals surface area contributed by atoms with E-state index in [0.717, 1.165) is 16.5 Å². The molecule has 22 heavy (non-hydrogen) atoms. The lowest BCUT2D eigenvalue weighted by atomic mass is 10.1. The molecule has 2 amide bonds. The Morgan fingerprint density at radius 2 is 2.36 bits per heavy atom. The van der Waals surface area contributed by atoms with Gasteiger partial charge in [-0.1, -0.05) is 0 Å². The van der Waals surface area contributed by atoms with Crippen LogP contribution < -0.4 is 20.5 Å². The number of nitrogens with two attached hydrogens (primary N) is 1. The fraction of sp³-hybridized carbons (Fsp3) is 0.357. The van der Waals surface area contributed by atoms with Crippen molar-refractivity contribution in [2.24, 2.45) is 5.73 Å². The van der Waals surface area contributed by atoms with Crippen LogP contribution in [0.1, 0.15) is 23.2 Å². The smallest absolute Gasteiger partial charge is 0.252 e. The third-order valence-electron chi connectivity index (χ3n) is 3.53. The van der Waals surface area contributed by atoms with Crippen molar-refractivity contribution in [2.75, 3.05) is 13.7 Å². The Labute approximate surface area is 130 Å². The van der Waals surface area contributed by atoms with Crippen LogP contribution in [0.2, 0.25) is 0 Å². The van der Waals surface area contributed by atoms with Gasteiger partial charge in [0.05, 0.1) is 28.8 Å². The summed E-state index contributed by atoms with van der Waals surface area (Å²) in [5, 5.41) is 3.60. The van der Waals surface area contributed by atoms with Crippen LogP contribution in [0.15, 0.2) is 12.1 Å². The van der Waals surface area contributed by atoms with Crippen molar-refractivity contribution >= 4 is 33.4 Å². The lowest BCUT2D eigenvalue weighted by molar-refractivity contribution is -0.119. The molecule has 1 aliphatic rings. The first-order valence-electron chi connectivity index (χ1n) is 6.78. The van der Waals surface area contributed by atoms with Crippen LogP contribution >= 0.6 is 11.5 Å². The first kappa shape index (κ1) is 14.6. The van der Waals surface area contributed by atoms with Crippen molar-refractivity contribution in [1.29, 1.82) is 0 Å². The maximum Gasteiger partial charge on any atom is 0.252 e. The summed E-state index contributed by atoms with van der Waals surface area (Å²) in [6.45, 7) is 0.366. The summed E-state index contributed by atoms with van der Waals surface area (Å²) >= 11 is 1.22. The predicted octanol–water partition coefficient (Wildman–Crippen LogP) is 1.06. The molecule has 0 unspecified atom stereocenters. The first-order valence-corrected chi connectivity index (χ1v) is 7.55. The molecule has 1 aromatic heterocycles. The van der Waals surface area contributed by atoms with Crippen LogP contribution in [0.25, 0.3) is 10.1 Å². The molecule has 1 saturated heterocycles. The van der Waals surface area contributed by atoms with E-state index in [9.17, 15) is 9.59 Å². The molecule has 0 radical (unpaired) electrons. The largest absolute Gasteiger partial charge is 0.496 e. The van der Waals surface area contributed by atoms with Gasteiger partial charge in [0.2, 0.25) is 11.8 Å². The SMILES string of the molecule is COc1cc2c(OC[C@@H]3CCC(=O)N3)nsc2cc1C(N)=O. The molecule has 0 saturated carbocycles. The van der Waals surface area contributed by atoms with Gasteiger partial charge in [0, 0.05) is 6.42 Å². The van der Waals surface area contributed by atoms with Gasteiger partial charge in [-0.2, -0.15) is 4.37 Å². The maximum absolute atomic E-state index is 11.4. The molecule has 0 aliphatic carbocycles. The molecule has 1 aliphatic heterocycles. The second kappa shape index (κ2) is 5.80. The van der Waals surface area contributed by atoms with Gasteiger partial charge in [0.1, 0.15) is 12.4 Å². The van der Waals surface area contributed by atoms with E-state index in [-0.39, 0.29) is 11.9 Å². The average molecular weight is 321 g/mol. The average Bonchev–Trinajstić information content (AvgIpc) is 3.09. The Morgan fingerprint density at radius 1 is 1.55 bits per heavy atom. The van der Waals surface area contributed by atoms with E-state index in [1.165, 1.54) is 18.6 Å². The van der Waals surface area contributed by atoms with Gasteiger partial charge >= 0.3 is 0 Å². The Balaban J connectivity index is 1.84. The molecule has 8 heteroatoms. The Bertz CT molecular complexity index is 743. The summed E-state index contributed by atoms with van der Waals surface area (Å²) in [5.74, 6) is 0.350. The number of hydrogen-bond acceptors (Lipinski definition) is 6. The number of benzene rings is 1. The molecule has 0 bridgehead atoms. The topological polar surface area (TPSA) is 104 Å². The number of carbonyl (C=O) groups is 2. The van der Waals surface area contributed by atoms with Crippen LogP contribution in [0.4, 0.5) is 0 Å². The molecule has 3 N–H and O–H groups in total. The highest BCUT2D eigenvalue weighted by Gasteiger charge is 2.22. The number of primary amides is 1. The third-order valence-corrected chi connectivity index (χ3v) is 4.32. The number of nitrogens with one attached hydrogen (secondary N) is 1. The molecule has 2 heterocycles. The summed E-state index contributed by atoms with van der Waals surface area (Å²) in [7, 11) is 1.47. The second-order valence-corrected chi connectivity index (χ2v) is 5.82. The van der Waals surface area contributed by atoms with Gasteiger partial charge in [-0.15, -0.1) is 0 Å². The standard InChI is InChI=1S/C14H15N3O4S/c1-20-10-4-9-11(5-8(10)13(15)19)22-17-14(9)21-6-7-2-3-12(18)16-7/h4-5,7H,2-3,6H2,1H3,(H2,15,19)(H,16,18)/t7-/m0/s1. The fourth-order valence-electron chi connectivity index (χ4n) is 2.39. The van der Waals surface area contributed by atoms with E-state index >= 15 is 0 Å². The number of hydrogen-bond donors (Lipinski definition) is 2. The van der Waals surface area contributed by atoms with E-state index in [1.807, 2.05) is 0 Å². The molecular weight excluding hydrogens is 306 g/mol. The summed E-state index contributed by atoms with van der Waals surface area (Å²) in [6.07, 6.45) is 1.29. The van der Waals surface area contributed by atoms with Gasteiger partial charge in [-0.05, 0) is 30.1 Å². The van der Waals surface area contributed by atoms with Crippen molar-refractivity contribution in [3.8, 4) is 11.6 Å². The van der Waals surface area contributed by atoms with Crippen molar-refractivity contribution in [2.45, 2.75) is 18.9 Å². The molecule has 116 valence electrons. The highest BCUT2D eigenvalue weighted by molar-refractivity contribution is 7.13. The summed E-state index contributed by atoms with van der Waals surface area (Å²) in [4.78, 5) is 22.6. The number of rotatable bonds is 5. The van der Waals surface area contributed by atoms with Gasteiger partial charge in [0.15, 0.2) is 0 Å². The Morgan fingerprint density at radius 3 is 3.00 bits per heavy atom. The quantitative estimate of drug-likeness (QED) is 0.857. The number of fused-ring (bicyclic) bond motifs is 1. The highest BCUT2D eigenvalue weighted by atomic mass is 32.1. The van der Waals surface area contributed by atoms with E-state index in [2.05, 4.69) is 9.69 Å². The minimum atomic E-state index is -0.553. The molecule has 3 rings (SSSR count). The molecule has 7 nitrogen and oxygen atoms in total. The molecular formula is C14H15N3O4S. The normalized spacial score (nSPS) is 17.5. The van der Waals surface area contributed by atoms with Gasteiger partial charge in [0.25, 0.3) is 5.91 Å². The number of nitrogens with zero attached hydrogens (tertiary/aromatic N) is 1. The Kier molecular flexibility index (Phi) is 3.84. The molecule has 1 fully saturated rings. The van der Waals surface area contributed by atoms with Crippen molar-refractivity contribution in [3.05, 3.63) is 17.7 Å². The number of amides is 2.